The maximum Gasteiger partial charge on any atom is 0.338 e. The van der Waals surface area contributed by atoms with Crippen molar-refractivity contribution < 1.29 is 28.5 Å². The molecule has 0 amide bonds. The van der Waals surface area contributed by atoms with Crippen LogP contribution < -0.4 is 19.6 Å². The highest BCUT2D eigenvalue weighted by Gasteiger charge is 2.35. The van der Waals surface area contributed by atoms with E-state index in [0.29, 0.717) is 31.9 Å². The third-order valence-corrected chi connectivity index (χ3v) is 7.04. The Kier molecular flexibility index (Phi) is 9.34. The van der Waals surface area contributed by atoms with E-state index in [1.807, 2.05) is 38.1 Å². The van der Waals surface area contributed by atoms with Crippen LogP contribution in [0.5, 0.6) is 5.75 Å². The van der Waals surface area contributed by atoms with Crippen molar-refractivity contribution in [1.82, 2.24) is 4.57 Å². The number of hydrogen-bond donors (Lipinski definition) is 0. The summed E-state index contributed by atoms with van der Waals surface area (Å²) in [6.07, 6.45) is 1.61. The first-order valence-corrected chi connectivity index (χ1v) is 13.8. The molecule has 1 aliphatic rings. The van der Waals surface area contributed by atoms with Crippen LogP contribution in [0.3, 0.4) is 0 Å². The first-order chi connectivity index (χ1) is 19.2. The molecule has 2 aromatic carbocycles. The van der Waals surface area contributed by atoms with Gasteiger partial charge >= 0.3 is 11.9 Å². The zero-order chi connectivity index (χ0) is 28.8. The van der Waals surface area contributed by atoms with Gasteiger partial charge in [-0.3, -0.25) is 9.36 Å². The molecule has 10 heteroatoms. The Bertz CT molecular complexity index is 1600. The van der Waals surface area contributed by atoms with Gasteiger partial charge in [-0.15, -0.1) is 0 Å². The average Bonchev–Trinajstić information content (AvgIpc) is 3.22. The standard InChI is InChI=1S/C30H32N2O7S/c1-6-37-28(34)21-13-11-20(12-14-21)17-24-27(33)32-26(22-9-7-8-10-23(22)39-18(2)3)25(19(4)31-30(32)40-24)29(35)38-16-15-36-5/h7-14,17-18,26H,6,15-16H2,1-5H3/b24-17+/t26-/m0/s1. The third kappa shape index (κ3) is 6.24. The summed E-state index contributed by atoms with van der Waals surface area (Å²) < 4.78 is 23.6. The molecule has 0 saturated heterocycles. The topological polar surface area (TPSA) is 105 Å². The second-order valence-corrected chi connectivity index (χ2v) is 10.3. The van der Waals surface area contributed by atoms with Crippen LogP contribution >= 0.6 is 11.3 Å². The van der Waals surface area contributed by atoms with Gasteiger partial charge in [0, 0.05) is 12.7 Å². The predicted molar refractivity (Wildman–Crippen MR) is 151 cm³/mol. The van der Waals surface area contributed by atoms with Crippen molar-refractivity contribution >= 4 is 29.4 Å². The van der Waals surface area contributed by atoms with Crippen LogP contribution in [0.2, 0.25) is 0 Å². The maximum absolute atomic E-state index is 13.9. The number of aromatic nitrogens is 1. The Morgan fingerprint density at radius 3 is 2.45 bits per heavy atom. The number of para-hydroxylation sites is 1. The number of esters is 2. The smallest absolute Gasteiger partial charge is 0.338 e. The number of carbonyl (C=O) groups excluding carboxylic acids is 2. The normalized spacial score (nSPS) is 15.1. The van der Waals surface area contributed by atoms with Crippen LogP contribution in [0.4, 0.5) is 0 Å². The minimum Gasteiger partial charge on any atom is -0.491 e. The highest BCUT2D eigenvalue weighted by atomic mass is 32.1. The Balaban J connectivity index is 1.85. The summed E-state index contributed by atoms with van der Waals surface area (Å²) in [6.45, 7) is 7.90. The number of thiazole rings is 1. The molecule has 0 aliphatic carbocycles. The lowest BCUT2D eigenvalue weighted by atomic mass is 9.95. The molecule has 0 bridgehead atoms. The summed E-state index contributed by atoms with van der Waals surface area (Å²) in [5, 5.41) is 0. The molecule has 0 N–H and O–H groups in total. The maximum atomic E-state index is 13.9. The summed E-state index contributed by atoms with van der Waals surface area (Å²) in [7, 11) is 1.52. The Morgan fingerprint density at radius 1 is 1.05 bits per heavy atom. The fourth-order valence-electron chi connectivity index (χ4n) is 4.32. The molecular weight excluding hydrogens is 532 g/mol. The van der Waals surface area contributed by atoms with Crippen molar-refractivity contribution in [2.24, 2.45) is 4.99 Å². The molecule has 0 radical (unpaired) electrons. The molecule has 210 valence electrons. The first-order valence-electron chi connectivity index (χ1n) is 13.0. The van der Waals surface area contributed by atoms with Gasteiger partial charge in [0.1, 0.15) is 18.4 Å². The molecule has 0 unspecified atom stereocenters. The highest BCUT2D eigenvalue weighted by molar-refractivity contribution is 7.07. The Labute approximate surface area is 236 Å². The number of carbonyl (C=O) groups is 2. The summed E-state index contributed by atoms with van der Waals surface area (Å²) in [5.74, 6) is -0.425. The summed E-state index contributed by atoms with van der Waals surface area (Å²) in [6, 6.07) is 13.3. The van der Waals surface area contributed by atoms with E-state index in [9.17, 15) is 14.4 Å². The fourth-order valence-corrected chi connectivity index (χ4v) is 5.37. The molecule has 0 spiro atoms. The number of hydrogen-bond acceptors (Lipinski definition) is 9. The van der Waals surface area contributed by atoms with E-state index < -0.39 is 18.0 Å². The van der Waals surface area contributed by atoms with Gasteiger partial charge in [-0.2, -0.15) is 0 Å². The number of fused-ring (bicyclic) bond motifs is 1. The van der Waals surface area contributed by atoms with Crippen molar-refractivity contribution in [3.05, 3.63) is 96.2 Å². The zero-order valence-corrected chi connectivity index (χ0v) is 23.9. The van der Waals surface area contributed by atoms with Crippen LogP contribution in [0, 0.1) is 0 Å². The van der Waals surface area contributed by atoms with Crippen molar-refractivity contribution in [2.75, 3.05) is 26.9 Å². The molecule has 0 saturated carbocycles. The first kappa shape index (κ1) is 29.0. The summed E-state index contributed by atoms with van der Waals surface area (Å²) in [4.78, 5) is 44.4. The monoisotopic (exact) mass is 564 g/mol. The molecule has 1 aromatic heterocycles. The minimum absolute atomic E-state index is 0.0647. The number of nitrogens with zero attached hydrogens (tertiary/aromatic N) is 2. The lowest BCUT2D eigenvalue weighted by molar-refractivity contribution is -0.140. The van der Waals surface area contributed by atoms with Gasteiger partial charge in [0.15, 0.2) is 4.80 Å². The van der Waals surface area contributed by atoms with Crippen LogP contribution in [-0.2, 0) is 19.0 Å². The molecule has 1 atom stereocenters. The molecule has 40 heavy (non-hydrogen) atoms. The van der Waals surface area contributed by atoms with Gasteiger partial charge in [0.05, 0.1) is 40.7 Å². The number of benzene rings is 2. The second-order valence-electron chi connectivity index (χ2n) is 9.26. The van der Waals surface area contributed by atoms with Gasteiger partial charge in [0.25, 0.3) is 5.56 Å². The molecule has 3 aromatic rings. The van der Waals surface area contributed by atoms with Crippen LogP contribution in [-0.4, -0.2) is 49.5 Å². The fraction of sp³-hybridized carbons (Fsp3) is 0.333. The van der Waals surface area contributed by atoms with Gasteiger partial charge in [-0.05, 0) is 57.5 Å². The number of rotatable bonds is 10. The molecule has 9 nitrogen and oxygen atoms in total. The van der Waals surface area contributed by atoms with Crippen LogP contribution in [0.25, 0.3) is 6.08 Å². The van der Waals surface area contributed by atoms with Crippen molar-refractivity contribution in [3.63, 3.8) is 0 Å². The van der Waals surface area contributed by atoms with Crippen molar-refractivity contribution in [3.8, 4) is 5.75 Å². The molecule has 4 rings (SSSR count). The molecular formula is C30H32N2O7S. The highest BCUT2D eigenvalue weighted by Crippen LogP contribution is 2.36. The quantitative estimate of drug-likeness (QED) is 0.275. The van der Waals surface area contributed by atoms with E-state index in [2.05, 4.69) is 4.99 Å². The summed E-state index contributed by atoms with van der Waals surface area (Å²) >= 11 is 1.22. The third-order valence-electron chi connectivity index (χ3n) is 6.06. The molecule has 2 heterocycles. The zero-order valence-electron chi connectivity index (χ0n) is 23.1. The van der Waals surface area contributed by atoms with Gasteiger partial charge in [-0.25, -0.2) is 14.6 Å². The lowest BCUT2D eigenvalue weighted by Gasteiger charge is -2.27. The van der Waals surface area contributed by atoms with Crippen LogP contribution in [0.15, 0.2) is 69.6 Å². The summed E-state index contributed by atoms with van der Waals surface area (Å²) in [5.41, 5.74) is 2.21. The average molecular weight is 565 g/mol. The van der Waals surface area contributed by atoms with Gasteiger partial charge in [0.2, 0.25) is 0 Å². The van der Waals surface area contributed by atoms with E-state index >= 15 is 0 Å². The predicted octanol–water partition coefficient (Wildman–Crippen LogP) is 3.39. The van der Waals surface area contributed by atoms with Gasteiger partial charge in [-0.1, -0.05) is 41.7 Å². The van der Waals surface area contributed by atoms with E-state index in [1.165, 1.54) is 23.0 Å². The number of ether oxygens (including phenoxy) is 4. The van der Waals surface area contributed by atoms with Crippen molar-refractivity contribution in [2.45, 2.75) is 39.8 Å². The van der Waals surface area contributed by atoms with E-state index in [1.54, 1.807) is 44.2 Å². The van der Waals surface area contributed by atoms with Crippen molar-refractivity contribution in [1.29, 1.82) is 0 Å². The lowest BCUT2D eigenvalue weighted by Crippen LogP contribution is -2.40. The molecule has 1 aliphatic heterocycles. The van der Waals surface area contributed by atoms with E-state index in [-0.39, 0.29) is 37.1 Å². The molecule has 0 fully saturated rings. The largest absolute Gasteiger partial charge is 0.491 e. The van der Waals surface area contributed by atoms with Gasteiger partial charge < -0.3 is 18.9 Å². The Hall–Kier alpha value is -4.02. The Morgan fingerprint density at radius 2 is 1.77 bits per heavy atom. The minimum atomic E-state index is -0.811. The van der Waals surface area contributed by atoms with E-state index in [4.69, 9.17) is 18.9 Å². The number of allylic oxidation sites excluding steroid dienone is 1. The van der Waals surface area contributed by atoms with E-state index in [0.717, 1.165) is 5.56 Å². The number of methoxy groups -OCH3 is 1. The SMILES string of the molecule is CCOC(=O)c1ccc(/C=c2/sc3n(c2=O)[C@@H](c2ccccc2OC(C)C)C(C(=O)OCCOC)=C(C)N=3)cc1. The van der Waals surface area contributed by atoms with Crippen LogP contribution in [0.1, 0.15) is 55.2 Å². The second kappa shape index (κ2) is 12.9.